The molecule has 2 aromatic rings. The van der Waals surface area contributed by atoms with E-state index in [9.17, 15) is 0 Å². The number of pyridine rings is 1. The Labute approximate surface area is 121 Å². The number of aliphatic hydroxyl groups excluding tert-OH is 1. The summed E-state index contributed by atoms with van der Waals surface area (Å²) < 4.78 is 9.40. The van der Waals surface area contributed by atoms with Gasteiger partial charge in [-0.15, -0.1) is 0 Å². The Balaban J connectivity index is 1.93. The van der Waals surface area contributed by atoms with Crippen molar-refractivity contribution in [2.24, 2.45) is 0 Å². The third-order valence-corrected chi connectivity index (χ3v) is 3.49. The van der Waals surface area contributed by atoms with Crippen LogP contribution >= 0.6 is 11.5 Å². The van der Waals surface area contributed by atoms with Crippen molar-refractivity contribution in [1.82, 2.24) is 9.36 Å². The van der Waals surface area contributed by atoms with E-state index in [0.29, 0.717) is 19.0 Å². The molecule has 2 rings (SSSR count). The fourth-order valence-corrected chi connectivity index (χ4v) is 2.52. The fourth-order valence-electron chi connectivity index (χ4n) is 1.76. The van der Waals surface area contributed by atoms with Crippen molar-refractivity contribution < 1.29 is 9.84 Å². The molecule has 0 unspecified atom stereocenters. The molecule has 0 amide bonds. The first-order valence-corrected chi connectivity index (χ1v) is 7.18. The third-order valence-electron chi connectivity index (χ3n) is 2.67. The summed E-state index contributed by atoms with van der Waals surface area (Å²) in [7, 11) is 0. The number of anilines is 2. The number of aromatic nitrogens is 2. The van der Waals surface area contributed by atoms with Crippen molar-refractivity contribution >= 4 is 22.4 Å². The predicted octanol–water partition coefficient (Wildman–Crippen LogP) is 1.60. The molecule has 0 aliphatic carbocycles. The predicted molar refractivity (Wildman–Crippen MR) is 80.8 cm³/mol. The zero-order chi connectivity index (χ0) is 14.2. The van der Waals surface area contributed by atoms with E-state index in [-0.39, 0.29) is 6.61 Å². The van der Waals surface area contributed by atoms with Gasteiger partial charge < -0.3 is 20.9 Å². The van der Waals surface area contributed by atoms with Crippen LogP contribution in [0.3, 0.4) is 0 Å². The fraction of sp³-hybridized carbons (Fsp3) is 0.385. The molecule has 2 heterocycles. The maximum absolute atomic E-state index is 8.60. The van der Waals surface area contributed by atoms with Crippen molar-refractivity contribution in [3.8, 4) is 11.1 Å². The van der Waals surface area contributed by atoms with Gasteiger partial charge in [-0.2, -0.15) is 4.37 Å². The molecule has 0 saturated carbocycles. The molecule has 0 radical (unpaired) electrons. The molecule has 0 aliphatic heterocycles. The van der Waals surface area contributed by atoms with E-state index in [1.165, 1.54) is 11.5 Å². The van der Waals surface area contributed by atoms with Crippen LogP contribution in [0.1, 0.15) is 6.42 Å². The van der Waals surface area contributed by atoms with Gasteiger partial charge >= 0.3 is 0 Å². The van der Waals surface area contributed by atoms with Gasteiger partial charge in [-0.05, 0) is 35.6 Å². The average Bonchev–Trinajstić information content (AvgIpc) is 2.84. The summed E-state index contributed by atoms with van der Waals surface area (Å²) in [5.41, 5.74) is 7.86. The molecule has 2 aromatic heterocycles. The Bertz CT molecular complexity index is 518. The minimum atomic E-state index is 0.0605. The zero-order valence-corrected chi connectivity index (χ0v) is 11.9. The lowest BCUT2D eigenvalue weighted by Gasteiger charge is -2.07. The molecule has 7 heteroatoms. The number of nitrogen functional groups attached to an aromatic ring is 1. The monoisotopic (exact) mass is 294 g/mol. The van der Waals surface area contributed by atoms with Crippen LogP contribution in [0, 0.1) is 0 Å². The number of nitrogens with one attached hydrogen (secondary N) is 1. The van der Waals surface area contributed by atoms with E-state index in [1.807, 2.05) is 12.1 Å². The molecule has 0 spiro atoms. The molecule has 4 N–H and O–H groups in total. The summed E-state index contributed by atoms with van der Waals surface area (Å²) in [4.78, 5) is 4.00. The highest BCUT2D eigenvalue weighted by Crippen LogP contribution is 2.36. The Morgan fingerprint density at radius 2 is 2.10 bits per heavy atom. The number of hydrogen-bond donors (Lipinski definition) is 3. The van der Waals surface area contributed by atoms with E-state index in [4.69, 9.17) is 15.6 Å². The molecular weight excluding hydrogens is 276 g/mol. The van der Waals surface area contributed by atoms with Gasteiger partial charge in [0.2, 0.25) is 0 Å². The first-order valence-electron chi connectivity index (χ1n) is 6.41. The maximum atomic E-state index is 8.60. The molecule has 0 aliphatic rings. The third kappa shape index (κ3) is 3.89. The van der Waals surface area contributed by atoms with E-state index in [2.05, 4.69) is 14.7 Å². The number of ether oxygens (including phenoxy) is 1. The van der Waals surface area contributed by atoms with Crippen molar-refractivity contribution in [2.75, 3.05) is 37.4 Å². The Morgan fingerprint density at radius 3 is 2.85 bits per heavy atom. The van der Waals surface area contributed by atoms with Crippen LogP contribution in [-0.4, -0.2) is 40.8 Å². The molecule has 6 nitrogen and oxygen atoms in total. The van der Waals surface area contributed by atoms with Crippen molar-refractivity contribution in [3.05, 3.63) is 24.5 Å². The minimum Gasteiger partial charge on any atom is -0.394 e. The molecule has 0 aromatic carbocycles. The van der Waals surface area contributed by atoms with Crippen LogP contribution in [0.15, 0.2) is 24.5 Å². The summed E-state index contributed by atoms with van der Waals surface area (Å²) in [5.74, 6) is 0.528. The van der Waals surface area contributed by atoms with Crippen molar-refractivity contribution in [2.45, 2.75) is 6.42 Å². The topological polar surface area (TPSA) is 93.3 Å². The second-order valence-electron chi connectivity index (χ2n) is 4.12. The van der Waals surface area contributed by atoms with Crippen LogP contribution in [0.4, 0.5) is 10.8 Å². The minimum absolute atomic E-state index is 0.0605. The van der Waals surface area contributed by atoms with Crippen LogP contribution < -0.4 is 11.1 Å². The second-order valence-corrected chi connectivity index (χ2v) is 4.90. The van der Waals surface area contributed by atoms with E-state index in [0.717, 1.165) is 29.1 Å². The SMILES string of the molecule is Nc1nsc(NCCCOCCO)c1-c1ccncc1. The first-order chi connectivity index (χ1) is 9.83. The van der Waals surface area contributed by atoms with Gasteiger partial charge in [0.15, 0.2) is 0 Å². The van der Waals surface area contributed by atoms with Gasteiger partial charge in [0.05, 0.1) is 18.8 Å². The lowest BCUT2D eigenvalue weighted by Crippen LogP contribution is -2.07. The lowest BCUT2D eigenvalue weighted by atomic mass is 10.1. The van der Waals surface area contributed by atoms with Gasteiger partial charge in [-0.1, -0.05) is 0 Å². The zero-order valence-electron chi connectivity index (χ0n) is 11.1. The highest BCUT2D eigenvalue weighted by atomic mass is 32.1. The highest BCUT2D eigenvalue weighted by molar-refractivity contribution is 7.11. The summed E-state index contributed by atoms with van der Waals surface area (Å²) in [6, 6.07) is 3.82. The number of rotatable bonds is 8. The van der Waals surface area contributed by atoms with Gasteiger partial charge in [-0.3, -0.25) is 4.98 Å². The standard InChI is InChI=1S/C13H18N4O2S/c14-12-11(10-2-5-15-6-3-10)13(20-17-12)16-4-1-8-19-9-7-18/h2-3,5-6,16,18H,1,4,7-9H2,(H2,14,17). The highest BCUT2D eigenvalue weighted by Gasteiger charge is 2.12. The quantitative estimate of drug-likeness (QED) is 0.640. The summed E-state index contributed by atoms with van der Waals surface area (Å²) in [6.07, 6.45) is 4.32. The number of nitrogens with zero attached hydrogens (tertiary/aromatic N) is 2. The Kier molecular flexibility index (Phi) is 5.72. The molecular formula is C13H18N4O2S. The van der Waals surface area contributed by atoms with E-state index < -0.39 is 0 Å². The van der Waals surface area contributed by atoms with Gasteiger partial charge in [0, 0.05) is 25.5 Å². The van der Waals surface area contributed by atoms with Gasteiger partial charge in [-0.25, -0.2) is 0 Å². The lowest BCUT2D eigenvalue weighted by molar-refractivity contribution is 0.0922. The molecule has 20 heavy (non-hydrogen) atoms. The molecule has 0 saturated heterocycles. The van der Waals surface area contributed by atoms with Crippen LogP contribution in [0.25, 0.3) is 11.1 Å². The average molecular weight is 294 g/mol. The van der Waals surface area contributed by atoms with E-state index >= 15 is 0 Å². The summed E-state index contributed by atoms with van der Waals surface area (Å²) in [6.45, 7) is 1.83. The first kappa shape index (κ1) is 14.7. The van der Waals surface area contributed by atoms with Crippen molar-refractivity contribution in [3.63, 3.8) is 0 Å². The van der Waals surface area contributed by atoms with E-state index in [1.54, 1.807) is 12.4 Å². The summed E-state index contributed by atoms with van der Waals surface area (Å²) >= 11 is 1.35. The number of aliphatic hydroxyl groups is 1. The van der Waals surface area contributed by atoms with Crippen LogP contribution in [-0.2, 0) is 4.74 Å². The second kappa shape index (κ2) is 7.78. The van der Waals surface area contributed by atoms with Crippen molar-refractivity contribution in [1.29, 1.82) is 0 Å². The maximum Gasteiger partial charge on any atom is 0.147 e. The molecule has 108 valence electrons. The molecule has 0 bridgehead atoms. The van der Waals surface area contributed by atoms with Crippen LogP contribution in [0.5, 0.6) is 0 Å². The molecule has 0 fully saturated rings. The van der Waals surface area contributed by atoms with Gasteiger partial charge in [0.25, 0.3) is 0 Å². The smallest absolute Gasteiger partial charge is 0.147 e. The van der Waals surface area contributed by atoms with Gasteiger partial charge in [0.1, 0.15) is 10.8 Å². The van der Waals surface area contributed by atoms with Crippen LogP contribution in [0.2, 0.25) is 0 Å². The molecule has 0 atom stereocenters. The normalized spacial score (nSPS) is 10.7. The Morgan fingerprint density at radius 1 is 1.30 bits per heavy atom. The Hall–Kier alpha value is -1.70. The summed E-state index contributed by atoms with van der Waals surface area (Å²) in [5, 5.41) is 12.9. The largest absolute Gasteiger partial charge is 0.394 e. The number of nitrogens with two attached hydrogens (primary N) is 1. The number of hydrogen-bond acceptors (Lipinski definition) is 7.